The Balaban J connectivity index is 4.22. The lowest BCUT2D eigenvalue weighted by molar-refractivity contribution is -0.124. The number of hydrogen-bond donors (Lipinski definition) is 5. The highest BCUT2D eigenvalue weighted by molar-refractivity contribution is 7.47. The first-order valence-corrected chi connectivity index (χ1v) is 28.2. The molecular formula is C53H103N2O7P. The highest BCUT2D eigenvalue weighted by atomic mass is 31.2. The van der Waals surface area contributed by atoms with Crippen molar-refractivity contribution in [3.05, 3.63) is 36.5 Å². The van der Waals surface area contributed by atoms with E-state index in [1.807, 2.05) is 6.08 Å². The van der Waals surface area contributed by atoms with Gasteiger partial charge in [-0.05, 0) is 44.9 Å². The fourth-order valence-electron chi connectivity index (χ4n) is 7.97. The maximum Gasteiger partial charge on any atom is 0.472 e. The molecule has 0 saturated carbocycles. The molecule has 63 heavy (non-hydrogen) atoms. The van der Waals surface area contributed by atoms with Crippen LogP contribution in [0.4, 0.5) is 0 Å². The highest BCUT2D eigenvalue weighted by Gasteiger charge is 2.27. The van der Waals surface area contributed by atoms with Gasteiger partial charge >= 0.3 is 7.82 Å². The van der Waals surface area contributed by atoms with Gasteiger partial charge in [0.25, 0.3) is 0 Å². The molecule has 4 unspecified atom stereocenters. The monoisotopic (exact) mass is 911 g/mol. The van der Waals surface area contributed by atoms with E-state index in [0.29, 0.717) is 12.8 Å². The molecule has 4 atom stereocenters. The molecule has 0 bridgehead atoms. The molecule has 9 nitrogen and oxygen atoms in total. The highest BCUT2D eigenvalue weighted by Crippen LogP contribution is 2.43. The average Bonchev–Trinajstić information content (AvgIpc) is 3.26. The van der Waals surface area contributed by atoms with E-state index in [1.165, 1.54) is 180 Å². The molecule has 0 spiro atoms. The van der Waals surface area contributed by atoms with Crippen LogP contribution in [0.5, 0.6) is 0 Å². The lowest BCUT2D eigenvalue weighted by Crippen LogP contribution is -2.46. The zero-order valence-electron chi connectivity index (χ0n) is 41.2. The molecule has 0 aromatic rings. The van der Waals surface area contributed by atoms with E-state index in [4.69, 9.17) is 14.8 Å². The van der Waals surface area contributed by atoms with Crippen LogP contribution in [0.25, 0.3) is 0 Å². The van der Waals surface area contributed by atoms with Crippen molar-refractivity contribution >= 4 is 13.7 Å². The molecule has 0 aliphatic rings. The van der Waals surface area contributed by atoms with Gasteiger partial charge in [-0.3, -0.25) is 13.8 Å². The molecule has 0 aliphatic heterocycles. The van der Waals surface area contributed by atoms with Crippen LogP contribution < -0.4 is 11.1 Å². The largest absolute Gasteiger partial charge is 0.472 e. The number of nitrogens with one attached hydrogen (secondary N) is 1. The molecule has 0 fully saturated rings. The van der Waals surface area contributed by atoms with Crippen molar-refractivity contribution in [1.82, 2.24) is 5.32 Å². The van der Waals surface area contributed by atoms with Crippen molar-refractivity contribution in [1.29, 1.82) is 0 Å². The third-order valence-electron chi connectivity index (χ3n) is 12.0. The summed E-state index contributed by atoms with van der Waals surface area (Å²) in [5.74, 6) is -0.455. The molecule has 372 valence electrons. The van der Waals surface area contributed by atoms with Crippen LogP contribution in [0, 0.1) is 0 Å². The maximum atomic E-state index is 12.9. The Labute approximate surface area is 389 Å². The number of carbonyl (C=O) groups is 1. The van der Waals surface area contributed by atoms with E-state index in [9.17, 15) is 24.5 Å². The Kier molecular flexibility index (Phi) is 47.6. The van der Waals surface area contributed by atoms with E-state index >= 15 is 0 Å². The van der Waals surface area contributed by atoms with Gasteiger partial charge in [0.1, 0.15) is 0 Å². The van der Waals surface area contributed by atoms with Crippen LogP contribution in [0.1, 0.15) is 258 Å². The molecular weight excluding hydrogens is 808 g/mol. The predicted octanol–water partition coefficient (Wildman–Crippen LogP) is 14.8. The number of rotatable bonds is 50. The van der Waals surface area contributed by atoms with Crippen molar-refractivity contribution in [3.63, 3.8) is 0 Å². The number of phosphoric ester groups is 1. The minimum atomic E-state index is -4.42. The van der Waals surface area contributed by atoms with E-state index in [1.54, 1.807) is 6.08 Å². The van der Waals surface area contributed by atoms with Crippen LogP contribution >= 0.6 is 7.82 Å². The van der Waals surface area contributed by atoms with Crippen molar-refractivity contribution in [2.75, 3.05) is 19.8 Å². The van der Waals surface area contributed by atoms with Crippen molar-refractivity contribution in [2.45, 2.75) is 276 Å². The van der Waals surface area contributed by atoms with E-state index in [2.05, 4.69) is 43.5 Å². The minimum absolute atomic E-state index is 0.0431. The lowest BCUT2D eigenvalue weighted by atomic mass is 10.0. The summed E-state index contributed by atoms with van der Waals surface area (Å²) in [5, 5.41) is 24.2. The Morgan fingerprint density at radius 2 is 0.905 bits per heavy atom. The number of hydrogen-bond acceptors (Lipinski definition) is 7. The molecule has 1 amide bonds. The predicted molar refractivity (Wildman–Crippen MR) is 269 cm³/mol. The maximum absolute atomic E-state index is 12.9. The molecule has 0 saturated heterocycles. The van der Waals surface area contributed by atoms with Gasteiger partial charge in [0.2, 0.25) is 5.91 Å². The van der Waals surface area contributed by atoms with E-state index in [0.717, 1.165) is 44.9 Å². The fraction of sp³-hybridized carbons (Fsp3) is 0.868. The number of carbonyl (C=O) groups excluding carboxylic acids is 1. The third-order valence-corrected chi connectivity index (χ3v) is 13.0. The summed E-state index contributed by atoms with van der Waals surface area (Å²) in [5.41, 5.74) is 5.38. The quantitative estimate of drug-likeness (QED) is 0.0230. The third kappa shape index (κ3) is 47.0. The molecule has 0 aromatic heterocycles. The van der Waals surface area contributed by atoms with Gasteiger partial charge in [0.15, 0.2) is 0 Å². The smallest absolute Gasteiger partial charge is 0.393 e. The number of aliphatic hydroxyl groups excluding tert-OH is 2. The van der Waals surface area contributed by atoms with Crippen LogP contribution in [-0.4, -0.2) is 59.0 Å². The van der Waals surface area contributed by atoms with E-state index < -0.39 is 38.6 Å². The van der Waals surface area contributed by atoms with Gasteiger partial charge in [0, 0.05) is 6.54 Å². The Morgan fingerprint density at radius 1 is 0.540 bits per heavy atom. The van der Waals surface area contributed by atoms with Gasteiger partial charge < -0.3 is 26.2 Å². The molecule has 0 aromatic carbocycles. The zero-order chi connectivity index (χ0) is 46.2. The number of phosphoric acid groups is 1. The van der Waals surface area contributed by atoms with Crippen molar-refractivity contribution in [2.24, 2.45) is 5.73 Å². The molecule has 10 heteroatoms. The molecule has 6 N–H and O–H groups in total. The number of nitrogens with two attached hydrogens (primary N) is 1. The van der Waals surface area contributed by atoms with Gasteiger partial charge in [-0.1, -0.05) is 243 Å². The summed E-state index contributed by atoms with van der Waals surface area (Å²) in [7, 11) is -4.42. The van der Waals surface area contributed by atoms with Gasteiger partial charge in [-0.15, -0.1) is 0 Å². The average molecular weight is 911 g/mol. The van der Waals surface area contributed by atoms with Crippen LogP contribution in [0.3, 0.4) is 0 Å². The van der Waals surface area contributed by atoms with Crippen molar-refractivity contribution < 1.29 is 33.5 Å². The van der Waals surface area contributed by atoms with Crippen molar-refractivity contribution in [3.8, 4) is 0 Å². The topological polar surface area (TPSA) is 151 Å². The standard InChI is InChI=1S/C53H103N2O7P/c1-3-5-7-9-11-13-15-17-19-21-23-25-27-29-31-33-35-37-39-41-43-45-52(57)51(49-62-63(59,60)61-47-46-54)55-53(58)48-50(56)44-42-40-38-36-34-32-30-28-26-24-22-20-18-16-14-12-10-8-6-4-2/h27,29,35,37,43,45,50-52,56-57H,3-26,28,30-34,36,38-42,44,46-49,54H2,1-2H3,(H,55,58)(H,59,60)/b29-27+,37-35+,45-43+. The van der Waals surface area contributed by atoms with Crippen LogP contribution in [-0.2, 0) is 18.4 Å². The second-order valence-corrected chi connectivity index (χ2v) is 19.7. The second kappa shape index (κ2) is 48.6. The first kappa shape index (κ1) is 61.7. The normalized spacial score (nSPS) is 14.6. The van der Waals surface area contributed by atoms with Gasteiger partial charge in [-0.2, -0.15) is 0 Å². The number of unbranched alkanes of at least 4 members (excludes halogenated alkanes) is 32. The first-order valence-electron chi connectivity index (χ1n) is 26.7. The zero-order valence-corrected chi connectivity index (χ0v) is 42.1. The number of aliphatic hydroxyl groups is 2. The molecule has 0 radical (unpaired) electrons. The summed E-state index contributed by atoms with van der Waals surface area (Å²) in [6, 6.07) is -1.00. The fourth-order valence-corrected chi connectivity index (χ4v) is 8.73. The SMILES string of the molecule is CCCCCCCCCCCCC/C=C/CC/C=C/CC/C=C/C(O)C(COP(=O)(O)OCCN)NC(=O)CC(O)CCCCCCCCCCCCCCCCCCCCCC. The Hall–Kier alpha value is -1.32. The van der Waals surface area contributed by atoms with Crippen LogP contribution in [0.15, 0.2) is 36.5 Å². The molecule has 0 aliphatic carbocycles. The summed E-state index contributed by atoms with van der Waals surface area (Å²) >= 11 is 0. The number of amides is 1. The first-order chi connectivity index (χ1) is 30.8. The second-order valence-electron chi connectivity index (χ2n) is 18.3. The Bertz CT molecular complexity index is 1100. The Morgan fingerprint density at radius 3 is 1.32 bits per heavy atom. The van der Waals surface area contributed by atoms with Gasteiger partial charge in [0.05, 0.1) is 37.9 Å². The summed E-state index contributed by atoms with van der Waals surface area (Å²) in [6.07, 6.45) is 56.8. The van der Waals surface area contributed by atoms with Crippen LogP contribution in [0.2, 0.25) is 0 Å². The summed E-state index contributed by atoms with van der Waals surface area (Å²) in [6.45, 7) is 3.98. The summed E-state index contributed by atoms with van der Waals surface area (Å²) < 4.78 is 22.2. The summed E-state index contributed by atoms with van der Waals surface area (Å²) in [4.78, 5) is 22.9. The van der Waals surface area contributed by atoms with E-state index in [-0.39, 0.29) is 19.6 Å². The van der Waals surface area contributed by atoms with Gasteiger partial charge in [-0.25, -0.2) is 4.57 Å². The lowest BCUT2D eigenvalue weighted by Gasteiger charge is -2.24. The minimum Gasteiger partial charge on any atom is -0.393 e. The molecule has 0 rings (SSSR count). The number of allylic oxidation sites excluding steroid dienone is 5. The molecule has 0 heterocycles.